The number of phenols is 1. The van der Waals surface area contributed by atoms with Crippen molar-refractivity contribution >= 4 is 22.9 Å². The molecule has 1 atom stereocenters. The highest BCUT2D eigenvalue weighted by Crippen LogP contribution is 2.56. The standard InChI is InChI=1S/C27H23ClF3NO3/c1-13-12-26(2,3)32-17-9-8-14-21-19(11-10-18(33)25(21)34-4)35-24(22(14)20(13)17)15-6-5-7-16(23(15)28)27(29,30)31/h5-12,24,32-33H,1-4H3. The lowest BCUT2D eigenvalue weighted by Crippen LogP contribution is -2.32. The maximum atomic E-state index is 13.7. The first kappa shape index (κ1) is 23.4. The third kappa shape index (κ3) is 3.69. The van der Waals surface area contributed by atoms with Crippen LogP contribution in [0.2, 0.25) is 5.02 Å². The quantitative estimate of drug-likeness (QED) is 0.375. The Balaban J connectivity index is 1.85. The summed E-state index contributed by atoms with van der Waals surface area (Å²) in [6.45, 7) is 6.03. The van der Waals surface area contributed by atoms with E-state index in [-0.39, 0.29) is 22.6 Å². The van der Waals surface area contributed by atoms with Crippen LogP contribution in [-0.4, -0.2) is 17.8 Å². The topological polar surface area (TPSA) is 50.7 Å². The number of rotatable bonds is 2. The first-order valence-corrected chi connectivity index (χ1v) is 11.4. The summed E-state index contributed by atoms with van der Waals surface area (Å²) >= 11 is 6.37. The van der Waals surface area contributed by atoms with E-state index in [4.69, 9.17) is 21.1 Å². The first-order valence-electron chi connectivity index (χ1n) is 11.0. The summed E-state index contributed by atoms with van der Waals surface area (Å²) in [5.41, 5.74) is 3.41. The molecule has 0 amide bonds. The number of phenolic OH excluding ortho intramolecular Hbond substituents is 1. The highest BCUT2D eigenvalue weighted by atomic mass is 35.5. The number of aromatic hydroxyl groups is 1. The molecule has 0 spiro atoms. The Bertz CT molecular complexity index is 1400. The molecule has 2 N–H and O–H groups in total. The second-order valence-corrected chi connectivity index (χ2v) is 9.70. The van der Waals surface area contributed by atoms with Crippen molar-refractivity contribution in [2.24, 2.45) is 0 Å². The number of benzene rings is 3. The highest BCUT2D eigenvalue weighted by Gasteiger charge is 2.40. The van der Waals surface area contributed by atoms with Crippen LogP contribution in [0.3, 0.4) is 0 Å². The first-order chi connectivity index (χ1) is 16.4. The summed E-state index contributed by atoms with van der Waals surface area (Å²) in [5, 5.41) is 13.5. The number of hydrogen-bond donors (Lipinski definition) is 2. The van der Waals surface area contributed by atoms with E-state index in [0.29, 0.717) is 22.4 Å². The summed E-state index contributed by atoms with van der Waals surface area (Å²) < 4.78 is 53.0. The minimum absolute atomic E-state index is 0.0689. The van der Waals surface area contributed by atoms with Gasteiger partial charge in [0, 0.05) is 22.4 Å². The average Bonchev–Trinajstić information content (AvgIpc) is 2.76. The molecular weight excluding hydrogens is 479 g/mol. The molecule has 182 valence electrons. The molecule has 0 fully saturated rings. The minimum atomic E-state index is -4.62. The van der Waals surface area contributed by atoms with E-state index in [9.17, 15) is 18.3 Å². The van der Waals surface area contributed by atoms with E-state index in [0.717, 1.165) is 22.9 Å². The predicted molar refractivity (Wildman–Crippen MR) is 130 cm³/mol. The molecule has 0 bridgehead atoms. The molecule has 1 unspecified atom stereocenters. The van der Waals surface area contributed by atoms with Crippen molar-refractivity contribution in [1.29, 1.82) is 0 Å². The zero-order chi connectivity index (χ0) is 25.3. The Kier molecular flexibility index (Phi) is 5.25. The second-order valence-electron chi connectivity index (χ2n) is 9.32. The highest BCUT2D eigenvalue weighted by molar-refractivity contribution is 6.32. The van der Waals surface area contributed by atoms with Crippen molar-refractivity contribution in [1.82, 2.24) is 0 Å². The Morgan fingerprint density at radius 2 is 1.83 bits per heavy atom. The molecule has 0 saturated heterocycles. The lowest BCUT2D eigenvalue weighted by Gasteiger charge is -2.37. The lowest BCUT2D eigenvalue weighted by molar-refractivity contribution is -0.137. The van der Waals surface area contributed by atoms with E-state index in [1.165, 1.54) is 19.2 Å². The number of hydrogen-bond acceptors (Lipinski definition) is 4. The fraction of sp³-hybridized carbons (Fsp3) is 0.259. The molecule has 35 heavy (non-hydrogen) atoms. The lowest BCUT2D eigenvalue weighted by atomic mass is 9.80. The van der Waals surface area contributed by atoms with Crippen LogP contribution in [0, 0.1) is 0 Å². The monoisotopic (exact) mass is 501 g/mol. The SMILES string of the molecule is COc1c(O)ccc2c1-c1ccc3c(c1C(c1cccc(C(F)(F)F)c1Cl)O2)C(C)=CC(C)(C)N3. The number of halogens is 4. The van der Waals surface area contributed by atoms with Gasteiger partial charge in [-0.2, -0.15) is 13.2 Å². The Labute approximate surface area is 205 Å². The van der Waals surface area contributed by atoms with Crippen LogP contribution in [0.15, 0.2) is 48.5 Å². The maximum Gasteiger partial charge on any atom is 0.417 e. The van der Waals surface area contributed by atoms with Crippen molar-refractivity contribution in [3.05, 3.63) is 75.8 Å². The van der Waals surface area contributed by atoms with Gasteiger partial charge >= 0.3 is 6.18 Å². The summed E-state index contributed by atoms with van der Waals surface area (Å²) in [4.78, 5) is 0. The zero-order valence-corrected chi connectivity index (χ0v) is 20.2. The average molecular weight is 502 g/mol. The molecule has 4 nitrogen and oxygen atoms in total. The molecule has 3 aromatic rings. The molecule has 0 aliphatic carbocycles. The maximum absolute atomic E-state index is 13.7. The van der Waals surface area contributed by atoms with Crippen LogP contribution in [0.5, 0.6) is 17.2 Å². The van der Waals surface area contributed by atoms with Gasteiger partial charge in [0.05, 0.1) is 28.8 Å². The van der Waals surface area contributed by atoms with Crippen molar-refractivity contribution in [2.75, 3.05) is 12.4 Å². The van der Waals surface area contributed by atoms with Gasteiger partial charge in [0.1, 0.15) is 5.75 Å². The van der Waals surface area contributed by atoms with Crippen molar-refractivity contribution in [3.8, 4) is 28.4 Å². The number of allylic oxidation sites excluding steroid dienone is 1. The molecule has 5 rings (SSSR count). The smallest absolute Gasteiger partial charge is 0.417 e. The number of methoxy groups -OCH3 is 1. The van der Waals surface area contributed by atoms with E-state index in [1.807, 2.05) is 32.9 Å². The number of nitrogens with one attached hydrogen (secondary N) is 1. The molecular formula is C27H23ClF3NO3. The van der Waals surface area contributed by atoms with Crippen LogP contribution in [-0.2, 0) is 6.18 Å². The van der Waals surface area contributed by atoms with Crippen molar-refractivity contribution in [2.45, 2.75) is 38.6 Å². The van der Waals surface area contributed by atoms with Crippen LogP contribution in [0.25, 0.3) is 16.7 Å². The van der Waals surface area contributed by atoms with E-state index >= 15 is 0 Å². The molecule has 0 aromatic heterocycles. The largest absolute Gasteiger partial charge is 0.504 e. The molecule has 2 aliphatic heterocycles. The Morgan fingerprint density at radius 1 is 1.09 bits per heavy atom. The summed E-state index contributed by atoms with van der Waals surface area (Å²) in [6.07, 6.45) is -3.48. The van der Waals surface area contributed by atoms with Gasteiger partial charge in [-0.3, -0.25) is 0 Å². The van der Waals surface area contributed by atoms with Gasteiger partial charge in [-0.25, -0.2) is 0 Å². The normalized spacial score (nSPS) is 17.8. The third-order valence-electron chi connectivity index (χ3n) is 6.37. The van der Waals surface area contributed by atoms with Crippen LogP contribution in [0.4, 0.5) is 18.9 Å². The number of alkyl halides is 3. The molecule has 0 saturated carbocycles. The van der Waals surface area contributed by atoms with Crippen LogP contribution >= 0.6 is 11.6 Å². The fourth-order valence-corrected chi connectivity index (χ4v) is 5.46. The summed E-state index contributed by atoms with van der Waals surface area (Å²) in [7, 11) is 1.44. The van der Waals surface area contributed by atoms with Gasteiger partial charge in [0.2, 0.25) is 0 Å². The van der Waals surface area contributed by atoms with Gasteiger partial charge < -0.3 is 19.9 Å². The van der Waals surface area contributed by atoms with Crippen molar-refractivity contribution in [3.63, 3.8) is 0 Å². The van der Waals surface area contributed by atoms with E-state index in [2.05, 4.69) is 11.4 Å². The molecule has 2 aliphatic rings. The molecule has 2 heterocycles. The van der Waals surface area contributed by atoms with Gasteiger partial charge in [-0.15, -0.1) is 0 Å². The zero-order valence-electron chi connectivity index (χ0n) is 19.5. The molecule has 8 heteroatoms. The third-order valence-corrected chi connectivity index (χ3v) is 6.79. The number of ether oxygens (including phenoxy) is 2. The van der Waals surface area contributed by atoms with Crippen LogP contribution < -0.4 is 14.8 Å². The van der Waals surface area contributed by atoms with E-state index < -0.39 is 22.9 Å². The van der Waals surface area contributed by atoms with Gasteiger partial charge in [0.25, 0.3) is 0 Å². The van der Waals surface area contributed by atoms with Gasteiger partial charge in [-0.05, 0) is 56.2 Å². The van der Waals surface area contributed by atoms with E-state index in [1.54, 1.807) is 12.1 Å². The Morgan fingerprint density at radius 3 is 2.51 bits per heavy atom. The van der Waals surface area contributed by atoms with Crippen molar-refractivity contribution < 1.29 is 27.8 Å². The van der Waals surface area contributed by atoms with Gasteiger partial charge in [-0.1, -0.05) is 35.9 Å². The minimum Gasteiger partial charge on any atom is -0.504 e. The number of anilines is 1. The predicted octanol–water partition coefficient (Wildman–Crippen LogP) is 7.83. The summed E-state index contributed by atoms with van der Waals surface area (Å²) in [6, 6.07) is 10.6. The number of fused-ring (bicyclic) bond motifs is 5. The molecule has 0 radical (unpaired) electrons. The Hall–Kier alpha value is -3.32. The summed E-state index contributed by atoms with van der Waals surface area (Å²) in [5.74, 6) is 0.528. The van der Waals surface area contributed by atoms with Crippen LogP contribution in [0.1, 0.15) is 49.1 Å². The van der Waals surface area contributed by atoms with Gasteiger partial charge in [0.15, 0.2) is 17.6 Å². The fourth-order valence-electron chi connectivity index (χ4n) is 5.13. The second kappa shape index (κ2) is 7.85. The molecule has 3 aromatic carbocycles.